The van der Waals surface area contributed by atoms with Crippen molar-refractivity contribution >= 4 is 11.8 Å². The van der Waals surface area contributed by atoms with E-state index in [-0.39, 0.29) is 12.1 Å². The fourth-order valence-corrected chi connectivity index (χ4v) is 2.66. The quantitative estimate of drug-likeness (QED) is 0.894. The molecule has 122 valence electrons. The van der Waals surface area contributed by atoms with E-state index in [1.807, 2.05) is 11.8 Å². The minimum atomic E-state index is -0.124. The van der Waals surface area contributed by atoms with Crippen molar-refractivity contribution in [3.05, 3.63) is 11.8 Å². The van der Waals surface area contributed by atoms with Crippen LogP contribution in [0.25, 0.3) is 0 Å². The topological polar surface area (TPSA) is 70.8 Å². The molecule has 1 aliphatic carbocycles. The molecule has 1 aromatic rings. The van der Waals surface area contributed by atoms with Gasteiger partial charge in [-0.25, -0.2) is 4.79 Å². The number of aromatic nitrogens is 1. The van der Waals surface area contributed by atoms with Crippen molar-refractivity contribution in [2.45, 2.75) is 25.9 Å². The number of anilines is 1. The number of hydrogen-bond donors (Lipinski definition) is 1. The molecule has 1 aliphatic heterocycles. The molecule has 1 saturated heterocycles. The molecule has 1 saturated carbocycles. The summed E-state index contributed by atoms with van der Waals surface area (Å²) in [5, 5.41) is 6.66. The van der Waals surface area contributed by atoms with E-state index in [0.29, 0.717) is 18.3 Å². The fraction of sp³-hybridized carbons (Fsp3) is 0.733. The predicted molar refractivity (Wildman–Crippen MR) is 81.8 cm³/mol. The Hall–Kier alpha value is -1.60. The third kappa shape index (κ3) is 3.98. The molecule has 0 spiro atoms. The van der Waals surface area contributed by atoms with Crippen LogP contribution in [0, 0.1) is 12.8 Å². The fourth-order valence-electron chi connectivity index (χ4n) is 2.66. The highest BCUT2D eigenvalue weighted by molar-refractivity contribution is 5.88. The van der Waals surface area contributed by atoms with Crippen LogP contribution >= 0.6 is 0 Å². The Bertz CT molecular complexity index is 515. The van der Waals surface area contributed by atoms with Crippen LogP contribution in [-0.2, 0) is 4.74 Å². The molecule has 7 nitrogen and oxygen atoms in total. The van der Waals surface area contributed by atoms with Gasteiger partial charge in [-0.05, 0) is 32.7 Å². The van der Waals surface area contributed by atoms with Crippen LogP contribution < -0.4 is 5.32 Å². The molecular weight excluding hydrogens is 284 g/mol. The number of rotatable bonds is 5. The number of carbonyl (C=O) groups excluding carboxylic acids is 1. The van der Waals surface area contributed by atoms with Crippen molar-refractivity contribution in [2.75, 3.05) is 45.2 Å². The number of aryl methyl sites for hydroxylation is 1. The van der Waals surface area contributed by atoms with Gasteiger partial charge in [0.2, 0.25) is 0 Å². The van der Waals surface area contributed by atoms with E-state index in [4.69, 9.17) is 9.26 Å². The number of amides is 2. The van der Waals surface area contributed by atoms with Crippen LogP contribution in [0.4, 0.5) is 10.6 Å². The zero-order valence-electron chi connectivity index (χ0n) is 13.2. The summed E-state index contributed by atoms with van der Waals surface area (Å²) in [4.78, 5) is 16.6. The second-order valence-corrected chi connectivity index (χ2v) is 6.38. The van der Waals surface area contributed by atoms with Crippen LogP contribution in [0.3, 0.4) is 0 Å². The van der Waals surface area contributed by atoms with Gasteiger partial charge < -0.3 is 19.1 Å². The standard InChI is InChI=1S/C15H24N4O3/c1-11-10-22-17-14(11)16-15(20)19(7-12-3-4-12)9-13-8-18(2)5-6-21-13/h10,12-13H,3-9H2,1-2H3,(H,16,17,20)/t13-/m0/s1. The Morgan fingerprint density at radius 2 is 2.32 bits per heavy atom. The maximum atomic E-state index is 12.5. The SMILES string of the molecule is Cc1conc1NC(=O)N(CC1CC1)C[C@@H]1CN(C)CCO1. The zero-order valence-corrected chi connectivity index (χ0v) is 13.2. The Morgan fingerprint density at radius 1 is 1.50 bits per heavy atom. The number of nitrogens with one attached hydrogen (secondary N) is 1. The van der Waals surface area contributed by atoms with Gasteiger partial charge >= 0.3 is 6.03 Å². The van der Waals surface area contributed by atoms with E-state index in [2.05, 4.69) is 22.4 Å². The van der Waals surface area contributed by atoms with E-state index in [1.54, 1.807) is 0 Å². The van der Waals surface area contributed by atoms with Gasteiger partial charge in [-0.15, -0.1) is 0 Å². The van der Waals surface area contributed by atoms with Crippen molar-refractivity contribution in [3.8, 4) is 0 Å². The summed E-state index contributed by atoms with van der Waals surface area (Å²) in [7, 11) is 2.08. The maximum Gasteiger partial charge on any atom is 0.323 e. The number of nitrogens with zero attached hydrogens (tertiary/aromatic N) is 3. The zero-order chi connectivity index (χ0) is 15.5. The maximum absolute atomic E-state index is 12.5. The molecule has 7 heteroatoms. The molecule has 0 unspecified atom stereocenters. The third-order valence-electron chi connectivity index (χ3n) is 4.20. The van der Waals surface area contributed by atoms with E-state index in [0.717, 1.165) is 31.8 Å². The summed E-state index contributed by atoms with van der Waals surface area (Å²) in [6, 6.07) is -0.124. The Balaban J connectivity index is 1.60. The van der Waals surface area contributed by atoms with Crippen molar-refractivity contribution in [3.63, 3.8) is 0 Å². The van der Waals surface area contributed by atoms with Crippen molar-refractivity contribution in [2.24, 2.45) is 5.92 Å². The van der Waals surface area contributed by atoms with Crippen molar-refractivity contribution in [1.82, 2.24) is 15.0 Å². The highest BCUT2D eigenvalue weighted by Crippen LogP contribution is 2.30. The lowest BCUT2D eigenvalue weighted by Gasteiger charge is -2.34. The number of morpholine rings is 1. The average molecular weight is 308 g/mol. The van der Waals surface area contributed by atoms with Gasteiger partial charge in [-0.1, -0.05) is 5.16 Å². The third-order valence-corrected chi connectivity index (χ3v) is 4.20. The van der Waals surface area contributed by atoms with Gasteiger partial charge in [0, 0.05) is 31.7 Å². The van der Waals surface area contributed by atoms with Crippen molar-refractivity contribution in [1.29, 1.82) is 0 Å². The number of likely N-dealkylation sites (N-methyl/N-ethyl adjacent to an activating group) is 1. The summed E-state index contributed by atoms with van der Waals surface area (Å²) < 4.78 is 10.7. The predicted octanol–water partition coefficient (Wildman–Crippen LogP) is 1.56. The molecule has 2 heterocycles. The summed E-state index contributed by atoms with van der Waals surface area (Å²) >= 11 is 0. The Kier molecular flexibility index (Phi) is 4.63. The number of carbonyl (C=O) groups is 1. The van der Waals surface area contributed by atoms with E-state index in [1.165, 1.54) is 19.1 Å². The lowest BCUT2D eigenvalue weighted by Crippen LogP contribution is -2.49. The lowest BCUT2D eigenvalue weighted by molar-refractivity contribution is -0.0302. The number of hydrogen-bond acceptors (Lipinski definition) is 5. The highest BCUT2D eigenvalue weighted by Gasteiger charge is 2.30. The van der Waals surface area contributed by atoms with E-state index in [9.17, 15) is 4.79 Å². The Morgan fingerprint density at radius 3 is 2.95 bits per heavy atom. The largest absolute Gasteiger partial charge is 0.374 e. The molecule has 1 N–H and O–H groups in total. The van der Waals surface area contributed by atoms with Gasteiger partial charge in [0.15, 0.2) is 5.82 Å². The first-order chi connectivity index (χ1) is 10.6. The highest BCUT2D eigenvalue weighted by atomic mass is 16.5. The summed E-state index contributed by atoms with van der Waals surface area (Å²) in [5.41, 5.74) is 0.827. The van der Waals surface area contributed by atoms with E-state index >= 15 is 0 Å². The second-order valence-electron chi connectivity index (χ2n) is 6.38. The van der Waals surface area contributed by atoms with Crippen LogP contribution in [-0.4, -0.2) is 66.9 Å². The number of urea groups is 1. The van der Waals surface area contributed by atoms with Gasteiger partial charge in [0.1, 0.15) is 6.26 Å². The van der Waals surface area contributed by atoms with Gasteiger partial charge in [0.25, 0.3) is 0 Å². The normalized spacial score (nSPS) is 22.5. The van der Waals surface area contributed by atoms with Crippen molar-refractivity contribution < 1.29 is 14.1 Å². The van der Waals surface area contributed by atoms with Gasteiger partial charge in [0.05, 0.1) is 12.7 Å². The molecule has 0 aromatic carbocycles. The molecule has 1 atom stereocenters. The average Bonchev–Trinajstić information content (AvgIpc) is 3.21. The minimum Gasteiger partial charge on any atom is -0.374 e. The second kappa shape index (κ2) is 6.66. The van der Waals surface area contributed by atoms with Crippen LogP contribution in [0.5, 0.6) is 0 Å². The molecule has 1 aromatic heterocycles. The summed E-state index contributed by atoms with van der Waals surface area (Å²) in [5.74, 6) is 1.12. The van der Waals surface area contributed by atoms with Crippen LogP contribution in [0.15, 0.2) is 10.8 Å². The van der Waals surface area contributed by atoms with E-state index < -0.39 is 0 Å². The molecule has 2 fully saturated rings. The van der Waals surface area contributed by atoms with Crippen LogP contribution in [0.1, 0.15) is 18.4 Å². The molecular formula is C15H24N4O3. The molecule has 3 rings (SSSR count). The summed E-state index contributed by atoms with van der Waals surface area (Å²) in [6.07, 6.45) is 4.01. The Labute approximate surface area is 130 Å². The van der Waals surface area contributed by atoms with Gasteiger partial charge in [-0.3, -0.25) is 5.32 Å². The smallest absolute Gasteiger partial charge is 0.323 e. The summed E-state index contributed by atoms with van der Waals surface area (Å²) in [6.45, 7) is 5.79. The first-order valence-corrected chi connectivity index (χ1v) is 7.89. The monoisotopic (exact) mass is 308 g/mol. The van der Waals surface area contributed by atoms with Gasteiger partial charge in [-0.2, -0.15) is 0 Å². The minimum absolute atomic E-state index is 0.0710. The van der Waals surface area contributed by atoms with Crippen LogP contribution in [0.2, 0.25) is 0 Å². The first kappa shape index (κ1) is 15.3. The molecule has 22 heavy (non-hydrogen) atoms. The molecule has 2 amide bonds. The number of ether oxygens (including phenoxy) is 1. The lowest BCUT2D eigenvalue weighted by atomic mass is 10.2. The first-order valence-electron chi connectivity index (χ1n) is 7.89. The molecule has 0 radical (unpaired) electrons. The molecule has 0 bridgehead atoms. The molecule has 2 aliphatic rings.